The highest BCUT2D eigenvalue weighted by Gasteiger charge is 2.23. The fourth-order valence-corrected chi connectivity index (χ4v) is 4.25. The summed E-state index contributed by atoms with van der Waals surface area (Å²) in [7, 11) is 3.22. The van der Waals surface area contributed by atoms with E-state index in [0.717, 1.165) is 22.8 Å². The first-order chi connectivity index (χ1) is 15.8. The molecule has 176 valence electrons. The summed E-state index contributed by atoms with van der Waals surface area (Å²) in [5.41, 5.74) is 3.59. The molecule has 1 heterocycles. The molecule has 0 fully saturated rings. The van der Waals surface area contributed by atoms with Gasteiger partial charge in [0.15, 0.2) is 0 Å². The number of aromatic carboxylic acids is 1. The van der Waals surface area contributed by atoms with E-state index in [-0.39, 0.29) is 12.1 Å². The summed E-state index contributed by atoms with van der Waals surface area (Å²) < 4.78 is 26.8. The zero-order valence-electron chi connectivity index (χ0n) is 19.2. The van der Waals surface area contributed by atoms with Gasteiger partial charge in [-0.1, -0.05) is 23.7 Å². The van der Waals surface area contributed by atoms with Crippen LogP contribution in [0.1, 0.15) is 38.4 Å². The summed E-state index contributed by atoms with van der Waals surface area (Å²) in [6.07, 6.45) is 0.694. The van der Waals surface area contributed by atoms with E-state index in [1.54, 1.807) is 37.8 Å². The molecule has 0 aliphatic rings. The van der Waals surface area contributed by atoms with Crippen LogP contribution in [0.15, 0.2) is 36.4 Å². The third-order valence-corrected chi connectivity index (χ3v) is 6.22. The van der Waals surface area contributed by atoms with E-state index in [1.807, 2.05) is 25.1 Å². The van der Waals surface area contributed by atoms with Gasteiger partial charge in [0.05, 0.1) is 26.3 Å². The van der Waals surface area contributed by atoms with Crippen LogP contribution in [-0.2, 0) is 19.5 Å². The van der Waals surface area contributed by atoms with Crippen LogP contribution >= 0.6 is 11.6 Å². The first-order valence-corrected chi connectivity index (χ1v) is 10.9. The van der Waals surface area contributed by atoms with Crippen LogP contribution in [0.2, 0.25) is 5.02 Å². The number of rotatable bonds is 10. The zero-order valence-corrected chi connectivity index (χ0v) is 19.9. The molecule has 0 saturated heterocycles. The molecule has 3 aromatic rings. The molecule has 0 unspecified atom stereocenters. The monoisotopic (exact) mass is 474 g/mol. The van der Waals surface area contributed by atoms with Crippen molar-refractivity contribution in [3.8, 4) is 11.5 Å². The van der Waals surface area contributed by atoms with E-state index >= 15 is 0 Å². The number of hydrogen-bond donors (Lipinski definition) is 2. The summed E-state index contributed by atoms with van der Waals surface area (Å²) in [5, 5.41) is 13.5. The van der Waals surface area contributed by atoms with Crippen molar-refractivity contribution in [3.63, 3.8) is 0 Å². The first kappa shape index (κ1) is 24.6. The summed E-state index contributed by atoms with van der Waals surface area (Å²) >= 11 is 6.20. The lowest BCUT2D eigenvalue weighted by molar-refractivity contribution is 0.0694. The largest absolute Gasteiger partial charge is 0.497 e. The van der Waals surface area contributed by atoms with Crippen LogP contribution in [0.25, 0.3) is 0 Å². The normalized spacial score (nSPS) is 11.0. The van der Waals surface area contributed by atoms with Gasteiger partial charge < -0.3 is 24.5 Å². The number of hydrogen-bond acceptors (Lipinski definition) is 4. The molecule has 6 nitrogen and oxygen atoms in total. The lowest BCUT2D eigenvalue weighted by atomic mass is 10.1. The Kier molecular flexibility index (Phi) is 8.00. The molecule has 8 heteroatoms. The van der Waals surface area contributed by atoms with Crippen molar-refractivity contribution >= 4 is 17.6 Å². The topological polar surface area (TPSA) is 72.7 Å². The molecule has 0 radical (unpaired) electrons. The van der Waals surface area contributed by atoms with Crippen molar-refractivity contribution in [1.82, 2.24) is 9.88 Å². The molecule has 3 rings (SSSR count). The lowest BCUT2D eigenvalue weighted by Gasteiger charge is -2.13. The number of aromatic nitrogens is 1. The average molecular weight is 475 g/mol. The van der Waals surface area contributed by atoms with Crippen LogP contribution in [0.5, 0.6) is 11.5 Å². The van der Waals surface area contributed by atoms with Crippen LogP contribution < -0.4 is 14.8 Å². The van der Waals surface area contributed by atoms with Gasteiger partial charge in [0.2, 0.25) is 0 Å². The average Bonchev–Trinajstić information content (AvgIpc) is 3.03. The van der Waals surface area contributed by atoms with Gasteiger partial charge in [-0.25, -0.2) is 9.18 Å². The molecule has 0 bridgehead atoms. The van der Waals surface area contributed by atoms with Crippen LogP contribution in [0, 0.1) is 19.7 Å². The molecule has 0 amide bonds. The summed E-state index contributed by atoms with van der Waals surface area (Å²) in [6.45, 7) is 4.72. The van der Waals surface area contributed by atoms with E-state index < -0.39 is 11.8 Å². The Labute approximate surface area is 197 Å². The maximum atomic E-state index is 14.3. The number of carbonyl (C=O) groups is 1. The first-order valence-electron chi connectivity index (χ1n) is 10.5. The fourth-order valence-electron chi connectivity index (χ4n) is 4.02. The van der Waals surface area contributed by atoms with E-state index in [0.29, 0.717) is 41.4 Å². The second-order valence-electron chi connectivity index (χ2n) is 7.72. The molecule has 1 aromatic heterocycles. The Morgan fingerprint density at radius 1 is 1.12 bits per heavy atom. The Balaban J connectivity index is 1.78. The summed E-state index contributed by atoms with van der Waals surface area (Å²) in [5.74, 6) is 0.0296. The predicted molar refractivity (Wildman–Crippen MR) is 126 cm³/mol. The fraction of sp³-hybridized carbons (Fsp3) is 0.320. The number of ether oxygens (including phenoxy) is 2. The minimum atomic E-state index is -1.01. The Morgan fingerprint density at radius 2 is 1.88 bits per heavy atom. The van der Waals surface area contributed by atoms with Gasteiger partial charge in [0.25, 0.3) is 0 Å². The smallest absolute Gasteiger partial charge is 0.337 e. The molecule has 0 aliphatic carbocycles. The van der Waals surface area contributed by atoms with Crippen molar-refractivity contribution in [2.75, 3.05) is 20.8 Å². The maximum Gasteiger partial charge on any atom is 0.337 e. The number of halogens is 2. The van der Waals surface area contributed by atoms with Crippen molar-refractivity contribution in [2.24, 2.45) is 0 Å². The standard InChI is InChI=1S/C25H28ClFN2O4/c1-15-19(13-28-11-10-17-8-9-18(32-3)12-23(17)33-4)24(25(30)31)16(2)29(15)14-20-21(26)6-5-7-22(20)27/h5-9,12,28H,10-11,13-14H2,1-4H3,(H,30,31). The Morgan fingerprint density at radius 3 is 2.52 bits per heavy atom. The van der Waals surface area contributed by atoms with Gasteiger partial charge in [-0.3, -0.25) is 0 Å². The number of carboxylic acids is 1. The van der Waals surface area contributed by atoms with Crippen molar-refractivity contribution in [1.29, 1.82) is 0 Å². The van der Waals surface area contributed by atoms with Crippen LogP contribution in [0.3, 0.4) is 0 Å². The van der Waals surface area contributed by atoms with Crippen LogP contribution in [0.4, 0.5) is 4.39 Å². The minimum absolute atomic E-state index is 0.159. The number of methoxy groups -OCH3 is 2. The highest BCUT2D eigenvalue weighted by Crippen LogP contribution is 2.28. The highest BCUT2D eigenvalue weighted by atomic mass is 35.5. The second-order valence-corrected chi connectivity index (χ2v) is 8.13. The van der Waals surface area contributed by atoms with E-state index in [4.69, 9.17) is 21.1 Å². The van der Waals surface area contributed by atoms with Gasteiger partial charge in [0.1, 0.15) is 17.3 Å². The highest BCUT2D eigenvalue weighted by molar-refractivity contribution is 6.31. The molecule has 0 spiro atoms. The zero-order chi connectivity index (χ0) is 24.1. The van der Waals surface area contributed by atoms with Crippen molar-refractivity contribution < 1.29 is 23.8 Å². The van der Waals surface area contributed by atoms with Gasteiger partial charge in [0, 0.05) is 40.1 Å². The van der Waals surface area contributed by atoms with Crippen molar-refractivity contribution in [3.05, 3.63) is 80.9 Å². The van der Waals surface area contributed by atoms with E-state index in [1.165, 1.54) is 6.07 Å². The third kappa shape index (κ3) is 5.31. The van der Waals surface area contributed by atoms with E-state index in [2.05, 4.69) is 5.32 Å². The predicted octanol–water partition coefficient (Wildman–Crippen LogP) is 4.99. The van der Waals surface area contributed by atoms with Gasteiger partial charge in [-0.2, -0.15) is 0 Å². The quantitative estimate of drug-likeness (QED) is 0.405. The van der Waals surface area contributed by atoms with Gasteiger partial charge in [-0.15, -0.1) is 0 Å². The number of nitrogens with one attached hydrogen (secondary N) is 1. The molecule has 0 saturated carbocycles. The Bertz CT molecular complexity index is 1140. The number of carboxylic acid groups (broad SMARTS) is 1. The number of benzene rings is 2. The molecule has 33 heavy (non-hydrogen) atoms. The SMILES string of the molecule is COc1ccc(CCNCc2c(C(=O)O)c(C)n(Cc3c(F)cccc3Cl)c2C)c(OC)c1. The molecule has 2 aromatic carbocycles. The van der Waals surface area contributed by atoms with Crippen molar-refractivity contribution in [2.45, 2.75) is 33.4 Å². The molecular formula is C25H28ClFN2O4. The minimum Gasteiger partial charge on any atom is -0.497 e. The Hall–Kier alpha value is -3.03. The van der Waals surface area contributed by atoms with Crippen LogP contribution in [-0.4, -0.2) is 36.4 Å². The maximum absolute atomic E-state index is 14.3. The summed E-state index contributed by atoms with van der Waals surface area (Å²) in [6, 6.07) is 10.2. The number of nitrogens with zero attached hydrogens (tertiary/aromatic N) is 1. The molecule has 2 N–H and O–H groups in total. The lowest BCUT2D eigenvalue weighted by Crippen LogP contribution is -2.19. The second kappa shape index (κ2) is 10.7. The molecule has 0 aliphatic heterocycles. The molecule has 0 atom stereocenters. The van der Waals surface area contributed by atoms with Gasteiger partial charge >= 0.3 is 5.97 Å². The molecular weight excluding hydrogens is 447 g/mol. The summed E-state index contributed by atoms with van der Waals surface area (Å²) in [4.78, 5) is 12.0. The van der Waals surface area contributed by atoms with E-state index in [9.17, 15) is 14.3 Å². The third-order valence-electron chi connectivity index (χ3n) is 5.87. The van der Waals surface area contributed by atoms with Gasteiger partial charge in [-0.05, 0) is 50.6 Å².